The zero-order chi connectivity index (χ0) is 47.8. The van der Waals surface area contributed by atoms with Crippen LogP contribution in [-0.2, 0) is 0 Å². The van der Waals surface area contributed by atoms with E-state index in [0.717, 1.165) is 32.1 Å². The lowest BCUT2D eigenvalue weighted by molar-refractivity contribution is 0.397. The third kappa shape index (κ3) is 20.0. The number of hydrogen-bond donors (Lipinski definition) is 0. The second kappa shape index (κ2) is 32.1. The lowest BCUT2D eigenvalue weighted by Gasteiger charge is -2.30. The van der Waals surface area contributed by atoms with Gasteiger partial charge in [-0.25, -0.2) is 5.01 Å². The van der Waals surface area contributed by atoms with Gasteiger partial charge in [-0.2, -0.15) is 0 Å². The van der Waals surface area contributed by atoms with Gasteiger partial charge in [0.2, 0.25) is 0 Å². The van der Waals surface area contributed by atoms with Crippen LogP contribution in [0.25, 0.3) is 0 Å². The van der Waals surface area contributed by atoms with Crippen LogP contribution in [0.2, 0.25) is 0 Å². The van der Waals surface area contributed by atoms with E-state index in [1.807, 2.05) is 101 Å². The molecule has 66 heavy (non-hydrogen) atoms. The van der Waals surface area contributed by atoms with Gasteiger partial charge in [0.1, 0.15) is 0 Å². The van der Waals surface area contributed by atoms with Crippen molar-refractivity contribution in [2.24, 2.45) is 0 Å². The second-order valence-corrected chi connectivity index (χ2v) is 16.2. The second-order valence-electron chi connectivity index (χ2n) is 16.2. The molecule has 0 atom stereocenters. The number of hydrazine groups is 1. The summed E-state index contributed by atoms with van der Waals surface area (Å²) in [6.45, 7) is 16.4. The SMILES string of the molecule is C1=CCCC=C1.C=C/C=C(\C=C(C)C)N(C1=CCC=C1)C1=CC=CCC1.CC.CN(C)N(C)c1ccccc1.Cc1ccc(N(C2=CC=CCC2)c2cccc(C)c2)cc1.c1ccccc1. The highest BCUT2D eigenvalue weighted by Crippen LogP contribution is 2.34. The summed E-state index contributed by atoms with van der Waals surface area (Å²) in [6.07, 6.45) is 42.4. The first-order chi connectivity index (χ1) is 32.2. The molecule has 0 fully saturated rings. The van der Waals surface area contributed by atoms with Gasteiger partial charge in [-0.15, -0.1) is 0 Å². The smallest absolute Gasteiger partial charge is 0.0518 e. The first-order valence-corrected chi connectivity index (χ1v) is 23.7. The summed E-state index contributed by atoms with van der Waals surface area (Å²) in [5.41, 5.74) is 12.7. The van der Waals surface area contributed by atoms with Crippen LogP contribution < -0.4 is 9.91 Å². The van der Waals surface area contributed by atoms with Crippen molar-refractivity contribution in [3.05, 3.63) is 259 Å². The Morgan fingerprint density at radius 1 is 0.561 bits per heavy atom. The van der Waals surface area contributed by atoms with Gasteiger partial charge < -0.3 is 14.8 Å². The molecular formula is C62H78N4. The van der Waals surface area contributed by atoms with Crippen LogP contribution in [0.4, 0.5) is 17.1 Å². The van der Waals surface area contributed by atoms with Crippen LogP contribution in [-0.4, -0.2) is 31.1 Å². The van der Waals surface area contributed by atoms with E-state index in [2.05, 4.69) is 201 Å². The minimum atomic E-state index is 1.02. The van der Waals surface area contributed by atoms with E-state index in [1.165, 1.54) is 69.4 Å². The van der Waals surface area contributed by atoms with Gasteiger partial charge >= 0.3 is 0 Å². The van der Waals surface area contributed by atoms with Crippen molar-refractivity contribution in [1.82, 2.24) is 9.91 Å². The van der Waals surface area contributed by atoms with Gasteiger partial charge in [-0.1, -0.05) is 177 Å². The first kappa shape index (κ1) is 53.7. The molecule has 0 radical (unpaired) electrons. The molecule has 0 N–H and O–H groups in total. The number of rotatable bonds is 10. The number of benzene rings is 4. The van der Waals surface area contributed by atoms with E-state index in [4.69, 9.17) is 0 Å². The molecule has 4 nitrogen and oxygen atoms in total. The van der Waals surface area contributed by atoms with Crippen LogP contribution in [0.3, 0.4) is 0 Å². The van der Waals surface area contributed by atoms with Crippen molar-refractivity contribution in [3.63, 3.8) is 0 Å². The Balaban J connectivity index is 0.000000235. The van der Waals surface area contributed by atoms with E-state index >= 15 is 0 Å². The minimum absolute atomic E-state index is 1.02. The van der Waals surface area contributed by atoms with Crippen LogP contribution >= 0.6 is 0 Å². The summed E-state index contributed by atoms with van der Waals surface area (Å²) >= 11 is 0. The molecule has 0 saturated carbocycles. The Morgan fingerprint density at radius 3 is 1.56 bits per heavy atom. The molecule has 0 unspecified atom stereocenters. The molecule has 4 aliphatic carbocycles. The van der Waals surface area contributed by atoms with Gasteiger partial charge in [-0.05, 0) is 145 Å². The summed E-state index contributed by atoms with van der Waals surface area (Å²) in [4.78, 5) is 4.72. The molecule has 0 saturated heterocycles. The van der Waals surface area contributed by atoms with Crippen LogP contribution in [0, 0.1) is 13.8 Å². The topological polar surface area (TPSA) is 13.0 Å². The maximum absolute atomic E-state index is 3.86. The fraction of sp³-hybridized carbons (Fsp3) is 0.258. The summed E-state index contributed by atoms with van der Waals surface area (Å²) in [5, 5.41) is 4.12. The molecule has 0 bridgehead atoms. The third-order valence-corrected chi connectivity index (χ3v) is 10.4. The number of anilines is 3. The molecular weight excluding hydrogens is 801 g/mol. The molecule has 0 spiro atoms. The van der Waals surface area contributed by atoms with E-state index in [9.17, 15) is 0 Å². The molecule has 346 valence electrons. The summed E-state index contributed by atoms with van der Waals surface area (Å²) in [7, 11) is 6.08. The molecule has 4 aliphatic rings. The van der Waals surface area contributed by atoms with Crippen LogP contribution in [0.1, 0.15) is 83.8 Å². The maximum Gasteiger partial charge on any atom is 0.0518 e. The molecule has 4 aromatic carbocycles. The average molecular weight is 879 g/mol. The number of para-hydroxylation sites is 1. The standard InChI is InChI=1S/C20H21N.C19H23N.C9H14N2.C6H8.C6H6.C2H6/c1-16-11-13-19(14-12-16)21(18-8-4-3-5-9-18)20-10-6-7-17(2)15-20;1-4-10-19(15-16(2)3)20(18-13-8-9-14-18)17-11-6-5-7-12-17;1-10(2)11(3)9-7-5-4-6-8-9;2*1-2-4-6-5-3-1;1-2/h3-4,6-8,10-15H,5,9H2,1-2H3;4-6,8,10-11,13-15H,1,7,9,12H2,2-3H3;4-8H,1-3H3;1-4H,5-6H2;1-6H;1-2H3/b;19-10+;;;;. The van der Waals surface area contributed by atoms with Crippen molar-refractivity contribution in [3.8, 4) is 0 Å². The number of nitrogens with zero attached hydrogens (tertiary/aromatic N) is 4. The third-order valence-electron chi connectivity index (χ3n) is 10.4. The lowest BCUT2D eigenvalue weighted by Crippen LogP contribution is -2.32. The van der Waals surface area contributed by atoms with Crippen molar-refractivity contribution in [2.75, 3.05) is 31.1 Å². The predicted molar refractivity (Wildman–Crippen MR) is 293 cm³/mol. The maximum atomic E-state index is 3.86. The van der Waals surface area contributed by atoms with E-state index in [1.54, 1.807) is 0 Å². The van der Waals surface area contributed by atoms with Gasteiger partial charge in [0.15, 0.2) is 0 Å². The van der Waals surface area contributed by atoms with Crippen LogP contribution in [0.15, 0.2) is 247 Å². The van der Waals surface area contributed by atoms with Gasteiger partial charge in [0, 0.05) is 55.3 Å². The number of allylic oxidation sites excluding steroid dienone is 19. The first-order valence-electron chi connectivity index (χ1n) is 23.7. The molecule has 8 rings (SSSR count). The fourth-order valence-electron chi connectivity index (χ4n) is 6.99. The lowest BCUT2D eigenvalue weighted by atomic mass is 10.1. The quantitative estimate of drug-likeness (QED) is 0.116. The zero-order valence-corrected chi connectivity index (χ0v) is 41.7. The van der Waals surface area contributed by atoms with Crippen LogP contribution in [0.5, 0.6) is 0 Å². The molecule has 0 aliphatic heterocycles. The molecule has 0 aromatic heterocycles. The van der Waals surface area contributed by atoms with E-state index < -0.39 is 0 Å². The molecule has 0 heterocycles. The average Bonchev–Trinajstić information content (AvgIpc) is 3.90. The van der Waals surface area contributed by atoms with Gasteiger partial charge in [0.25, 0.3) is 0 Å². The highest BCUT2D eigenvalue weighted by Gasteiger charge is 2.18. The minimum Gasteiger partial charge on any atom is -0.315 e. The Hall–Kier alpha value is -6.62. The summed E-state index contributed by atoms with van der Waals surface area (Å²) < 4.78 is 0. The Bertz CT molecular complexity index is 2250. The highest BCUT2D eigenvalue weighted by molar-refractivity contribution is 5.69. The zero-order valence-electron chi connectivity index (χ0n) is 41.7. The Kier molecular flexibility index (Phi) is 26.1. The van der Waals surface area contributed by atoms with Crippen molar-refractivity contribution >= 4 is 17.1 Å². The normalized spacial score (nSPS) is 14.0. The fourth-order valence-corrected chi connectivity index (χ4v) is 6.99. The van der Waals surface area contributed by atoms with E-state index in [0.29, 0.717) is 0 Å². The molecule has 4 heteroatoms. The number of hydrogen-bond acceptors (Lipinski definition) is 4. The predicted octanol–water partition coefficient (Wildman–Crippen LogP) is 17.3. The van der Waals surface area contributed by atoms with Crippen molar-refractivity contribution in [2.45, 2.75) is 86.5 Å². The molecule has 4 aromatic rings. The van der Waals surface area contributed by atoms with Crippen molar-refractivity contribution in [1.29, 1.82) is 0 Å². The summed E-state index contributed by atoms with van der Waals surface area (Å²) in [5.74, 6) is 0. The van der Waals surface area contributed by atoms with Gasteiger partial charge in [-0.3, -0.25) is 0 Å². The monoisotopic (exact) mass is 879 g/mol. The number of aryl methyl sites for hydroxylation is 2. The summed E-state index contributed by atoms with van der Waals surface area (Å²) in [6, 6.07) is 39.7. The Labute approximate surface area is 401 Å². The largest absolute Gasteiger partial charge is 0.315 e. The van der Waals surface area contributed by atoms with Crippen molar-refractivity contribution < 1.29 is 0 Å². The Morgan fingerprint density at radius 2 is 1.11 bits per heavy atom. The highest BCUT2D eigenvalue weighted by atomic mass is 15.6. The van der Waals surface area contributed by atoms with E-state index in [-0.39, 0.29) is 0 Å². The van der Waals surface area contributed by atoms with Gasteiger partial charge in [0.05, 0.1) is 5.69 Å². The molecule has 0 amide bonds.